The van der Waals surface area contributed by atoms with Crippen LogP contribution >= 0.6 is 0 Å². The predicted octanol–water partition coefficient (Wildman–Crippen LogP) is 4.15. The van der Waals surface area contributed by atoms with E-state index in [0.717, 1.165) is 18.6 Å². The van der Waals surface area contributed by atoms with Crippen molar-refractivity contribution in [3.8, 4) is 0 Å². The van der Waals surface area contributed by atoms with Gasteiger partial charge in [-0.15, -0.1) is 0 Å². The molecule has 3 N–H and O–H groups in total. The maximum Gasteiger partial charge on any atom is 0.151 e. The minimum Gasteiger partial charge on any atom is -0.399 e. The van der Waals surface area contributed by atoms with Gasteiger partial charge >= 0.3 is 0 Å². The average molecular weight is 276 g/mol. The van der Waals surface area contributed by atoms with Crippen LogP contribution in [0.4, 0.5) is 20.2 Å². The Morgan fingerprint density at radius 3 is 2.30 bits per heavy atom. The molecule has 4 heteroatoms. The van der Waals surface area contributed by atoms with Gasteiger partial charge in [0.1, 0.15) is 5.69 Å². The fraction of sp³-hybridized carbons (Fsp3) is 0.250. The molecular formula is C16H18F2N2. The first-order valence-electron chi connectivity index (χ1n) is 6.61. The van der Waals surface area contributed by atoms with Crippen LogP contribution in [0.1, 0.15) is 24.8 Å². The van der Waals surface area contributed by atoms with Crippen molar-refractivity contribution in [2.24, 2.45) is 0 Å². The Labute approximate surface area is 117 Å². The molecule has 1 atom stereocenters. The fourth-order valence-corrected chi connectivity index (χ4v) is 2.12. The molecule has 0 amide bonds. The molecule has 0 radical (unpaired) electrons. The minimum absolute atomic E-state index is 0.0863. The van der Waals surface area contributed by atoms with E-state index < -0.39 is 11.6 Å². The third-order valence-electron chi connectivity index (χ3n) is 3.31. The molecule has 0 bridgehead atoms. The lowest BCUT2D eigenvalue weighted by atomic mass is 9.98. The summed E-state index contributed by atoms with van der Waals surface area (Å²) in [5.74, 6) is -0.992. The molecule has 1 unspecified atom stereocenters. The van der Waals surface area contributed by atoms with Crippen LogP contribution in [0.25, 0.3) is 0 Å². The summed E-state index contributed by atoms with van der Waals surface area (Å²) >= 11 is 0. The molecule has 0 saturated heterocycles. The maximum atomic E-state index is 13.6. The zero-order valence-corrected chi connectivity index (χ0v) is 11.4. The highest BCUT2D eigenvalue weighted by molar-refractivity contribution is 5.54. The fourth-order valence-electron chi connectivity index (χ4n) is 2.12. The normalized spacial score (nSPS) is 12.2. The smallest absolute Gasteiger partial charge is 0.151 e. The van der Waals surface area contributed by atoms with Crippen molar-refractivity contribution in [1.29, 1.82) is 0 Å². The quantitative estimate of drug-likeness (QED) is 0.805. The Balaban J connectivity index is 1.94. The maximum absolute atomic E-state index is 13.6. The van der Waals surface area contributed by atoms with Gasteiger partial charge in [0.2, 0.25) is 0 Å². The van der Waals surface area contributed by atoms with Crippen molar-refractivity contribution in [2.75, 3.05) is 17.6 Å². The molecule has 20 heavy (non-hydrogen) atoms. The van der Waals surface area contributed by atoms with Gasteiger partial charge in [0.05, 0.1) is 0 Å². The number of rotatable bonds is 5. The van der Waals surface area contributed by atoms with E-state index in [1.54, 1.807) is 0 Å². The molecule has 0 fully saturated rings. The monoisotopic (exact) mass is 276 g/mol. The molecule has 2 nitrogen and oxygen atoms in total. The highest BCUT2D eigenvalue weighted by Gasteiger charge is 2.11. The van der Waals surface area contributed by atoms with Crippen LogP contribution in [-0.2, 0) is 0 Å². The summed E-state index contributed by atoms with van der Waals surface area (Å²) in [5.41, 5.74) is 6.56. The van der Waals surface area contributed by atoms with Crippen molar-refractivity contribution in [2.45, 2.75) is 19.3 Å². The van der Waals surface area contributed by atoms with Gasteiger partial charge < -0.3 is 11.1 Å². The molecule has 0 spiro atoms. The highest BCUT2D eigenvalue weighted by atomic mass is 19.1. The molecule has 2 aromatic rings. The van der Waals surface area contributed by atoms with E-state index in [1.165, 1.54) is 5.56 Å². The van der Waals surface area contributed by atoms with Crippen LogP contribution in [0.3, 0.4) is 0 Å². The molecule has 106 valence electrons. The average Bonchev–Trinajstić information content (AvgIpc) is 2.42. The van der Waals surface area contributed by atoms with E-state index in [1.807, 2.05) is 18.2 Å². The lowest BCUT2D eigenvalue weighted by molar-refractivity contribution is 0.586. The van der Waals surface area contributed by atoms with Gasteiger partial charge in [-0.25, -0.2) is 8.78 Å². The number of nitrogens with one attached hydrogen (secondary N) is 1. The van der Waals surface area contributed by atoms with Crippen molar-refractivity contribution < 1.29 is 8.78 Å². The first-order valence-corrected chi connectivity index (χ1v) is 6.61. The number of anilines is 2. The first-order chi connectivity index (χ1) is 9.58. The van der Waals surface area contributed by atoms with Crippen molar-refractivity contribution in [3.63, 3.8) is 0 Å². The number of halogens is 2. The molecule has 0 heterocycles. The van der Waals surface area contributed by atoms with Crippen LogP contribution in [-0.4, -0.2) is 6.54 Å². The van der Waals surface area contributed by atoms with Gasteiger partial charge in [0.15, 0.2) is 11.6 Å². The summed E-state index contributed by atoms with van der Waals surface area (Å²) in [6, 6.07) is 12.3. The second kappa shape index (κ2) is 6.37. The van der Waals surface area contributed by atoms with Crippen molar-refractivity contribution in [1.82, 2.24) is 0 Å². The summed E-state index contributed by atoms with van der Waals surface area (Å²) < 4.78 is 27.2. The summed E-state index contributed by atoms with van der Waals surface area (Å²) in [7, 11) is 0. The van der Waals surface area contributed by atoms with Gasteiger partial charge in [-0.2, -0.15) is 0 Å². The number of hydrogen-bond donors (Lipinski definition) is 2. The molecule has 0 aliphatic heterocycles. The van der Waals surface area contributed by atoms with Crippen LogP contribution in [0, 0.1) is 11.6 Å². The van der Waals surface area contributed by atoms with Crippen LogP contribution < -0.4 is 11.1 Å². The standard InChI is InChI=1S/C16H18F2N2/c1-11(12-5-3-2-4-6-12)7-8-20-16-14(17)9-13(19)10-15(16)18/h2-6,9-11,20H,7-8,19H2,1H3. The third-order valence-corrected chi connectivity index (χ3v) is 3.31. The van der Waals surface area contributed by atoms with Gasteiger partial charge in [0, 0.05) is 12.2 Å². The van der Waals surface area contributed by atoms with Crippen molar-refractivity contribution in [3.05, 3.63) is 59.7 Å². The largest absolute Gasteiger partial charge is 0.399 e. The summed E-state index contributed by atoms with van der Waals surface area (Å²) in [6.45, 7) is 2.58. The Morgan fingerprint density at radius 2 is 1.70 bits per heavy atom. The summed E-state index contributed by atoms with van der Waals surface area (Å²) in [4.78, 5) is 0. The SMILES string of the molecule is CC(CCNc1c(F)cc(N)cc1F)c1ccccc1. The van der Waals surface area contributed by atoms with E-state index in [4.69, 9.17) is 5.73 Å². The van der Waals surface area contributed by atoms with Gasteiger partial charge in [0.25, 0.3) is 0 Å². The number of nitrogen functional groups attached to an aromatic ring is 1. The van der Waals surface area contributed by atoms with E-state index in [-0.39, 0.29) is 11.4 Å². The van der Waals surface area contributed by atoms with Crippen LogP contribution in [0.5, 0.6) is 0 Å². The van der Waals surface area contributed by atoms with Crippen LogP contribution in [0.15, 0.2) is 42.5 Å². The minimum atomic E-state index is -0.658. The topological polar surface area (TPSA) is 38.0 Å². The van der Waals surface area contributed by atoms with E-state index in [2.05, 4.69) is 24.4 Å². The lowest BCUT2D eigenvalue weighted by Crippen LogP contribution is -2.09. The Bertz CT molecular complexity index is 547. The number of nitrogens with two attached hydrogens (primary N) is 1. The Hall–Kier alpha value is -2.10. The molecule has 0 aliphatic rings. The second-order valence-electron chi connectivity index (χ2n) is 4.89. The molecular weight excluding hydrogens is 258 g/mol. The van der Waals surface area contributed by atoms with Crippen molar-refractivity contribution >= 4 is 11.4 Å². The predicted molar refractivity (Wildman–Crippen MR) is 78.7 cm³/mol. The van der Waals surface area contributed by atoms with Gasteiger partial charge in [-0.1, -0.05) is 37.3 Å². The summed E-state index contributed by atoms with van der Waals surface area (Å²) in [6.07, 6.45) is 0.785. The van der Waals surface area contributed by atoms with E-state index in [9.17, 15) is 8.78 Å². The van der Waals surface area contributed by atoms with Crippen LogP contribution in [0.2, 0.25) is 0 Å². The zero-order valence-electron chi connectivity index (χ0n) is 11.4. The number of hydrogen-bond acceptors (Lipinski definition) is 2. The third kappa shape index (κ3) is 3.47. The Kier molecular flexibility index (Phi) is 4.56. The van der Waals surface area contributed by atoms with Gasteiger partial charge in [-0.3, -0.25) is 0 Å². The van der Waals surface area contributed by atoms with E-state index in [0.29, 0.717) is 12.5 Å². The van der Waals surface area contributed by atoms with Gasteiger partial charge in [-0.05, 0) is 30.0 Å². The highest BCUT2D eigenvalue weighted by Crippen LogP contribution is 2.23. The number of benzene rings is 2. The zero-order chi connectivity index (χ0) is 14.5. The van der Waals surface area contributed by atoms with E-state index >= 15 is 0 Å². The summed E-state index contributed by atoms with van der Waals surface area (Å²) in [5, 5.41) is 2.80. The molecule has 0 aromatic heterocycles. The Morgan fingerprint density at radius 1 is 1.10 bits per heavy atom. The first kappa shape index (κ1) is 14.3. The molecule has 0 aliphatic carbocycles. The molecule has 0 saturated carbocycles. The second-order valence-corrected chi connectivity index (χ2v) is 4.89. The molecule has 2 aromatic carbocycles. The lowest BCUT2D eigenvalue weighted by Gasteiger charge is -2.14. The molecule has 2 rings (SSSR count).